The number of piperidine rings is 1. The third-order valence-corrected chi connectivity index (χ3v) is 3.86. The van der Waals surface area contributed by atoms with E-state index in [9.17, 15) is 9.59 Å². The third kappa shape index (κ3) is 1.41. The molecule has 4 nitrogen and oxygen atoms in total. The van der Waals surface area contributed by atoms with Gasteiger partial charge in [0.05, 0.1) is 5.37 Å². The predicted molar refractivity (Wildman–Crippen MR) is 48.4 cm³/mol. The zero-order chi connectivity index (χ0) is 9.42. The highest BCUT2D eigenvalue weighted by Crippen LogP contribution is 2.36. The van der Waals surface area contributed by atoms with E-state index in [1.54, 1.807) is 16.7 Å². The van der Waals surface area contributed by atoms with Gasteiger partial charge in [0.15, 0.2) is 0 Å². The molecule has 72 valence electrons. The second kappa shape index (κ2) is 3.21. The lowest BCUT2D eigenvalue weighted by molar-refractivity contribution is -0.150. The van der Waals surface area contributed by atoms with E-state index in [1.165, 1.54) is 0 Å². The number of nitrogens with zero attached hydrogens (tertiary/aromatic N) is 1. The highest BCUT2D eigenvalue weighted by atomic mass is 32.2. The number of fused-ring (bicyclic) bond motifs is 1. The molecule has 2 heterocycles. The van der Waals surface area contributed by atoms with Crippen molar-refractivity contribution in [2.45, 2.75) is 30.7 Å². The summed E-state index contributed by atoms with van der Waals surface area (Å²) in [5, 5.41) is 8.99. The van der Waals surface area contributed by atoms with Crippen LogP contribution in [-0.2, 0) is 9.59 Å². The summed E-state index contributed by atoms with van der Waals surface area (Å²) < 4.78 is 0. The van der Waals surface area contributed by atoms with Gasteiger partial charge >= 0.3 is 5.97 Å². The molecule has 2 rings (SSSR count). The van der Waals surface area contributed by atoms with Gasteiger partial charge in [-0.1, -0.05) is 0 Å². The first-order valence-corrected chi connectivity index (χ1v) is 5.40. The topological polar surface area (TPSA) is 57.6 Å². The maximum atomic E-state index is 11.4. The molecule has 0 spiro atoms. The Morgan fingerprint density at radius 2 is 2.38 bits per heavy atom. The smallest absolute Gasteiger partial charge is 0.327 e. The van der Waals surface area contributed by atoms with Crippen molar-refractivity contribution in [1.29, 1.82) is 0 Å². The van der Waals surface area contributed by atoms with Crippen LogP contribution in [0.5, 0.6) is 0 Å². The second-order valence-corrected chi connectivity index (χ2v) is 4.55. The number of thioether (sulfide) groups is 1. The van der Waals surface area contributed by atoms with Gasteiger partial charge in [-0.2, -0.15) is 0 Å². The van der Waals surface area contributed by atoms with Crippen LogP contribution in [0.3, 0.4) is 0 Å². The first-order valence-electron chi connectivity index (χ1n) is 4.35. The van der Waals surface area contributed by atoms with Crippen LogP contribution in [0.25, 0.3) is 0 Å². The maximum Gasteiger partial charge on any atom is 0.327 e. The number of carboxylic acid groups (broad SMARTS) is 1. The quantitative estimate of drug-likeness (QED) is 0.672. The number of hydrogen-bond donors (Lipinski definition) is 1. The fourth-order valence-corrected chi connectivity index (χ4v) is 3.33. The summed E-state index contributed by atoms with van der Waals surface area (Å²) in [6, 6.07) is -0.581. The van der Waals surface area contributed by atoms with Gasteiger partial charge in [-0.3, -0.25) is 4.79 Å². The fourth-order valence-electron chi connectivity index (χ4n) is 1.87. The van der Waals surface area contributed by atoms with Gasteiger partial charge in [-0.05, 0) is 12.8 Å². The Balaban J connectivity index is 2.18. The van der Waals surface area contributed by atoms with Crippen molar-refractivity contribution < 1.29 is 14.7 Å². The van der Waals surface area contributed by atoms with E-state index in [-0.39, 0.29) is 11.3 Å². The molecule has 1 N–H and O–H groups in total. The van der Waals surface area contributed by atoms with Gasteiger partial charge in [0, 0.05) is 12.2 Å². The second-order valence-electron chi connectivity index (χ2n) is 3.34. The summed E-state index contributed by atoms with van der Waals surface area (Å²) in [4.78, 5) is 23.8. The van der Waals surface area contributed by atoms with Crippen molar-refractivity contribution in [3.8, 4) is 0 Å². The maximum absolute atomic E-state index is 11.4. The molecule has 0 aromatic carbocycles. The van der Waals surface area contributed by atoms with Crippen LogP contribution in [0.4, 0.5) is 0 Å². The lowest BCUT2D eigenvalue weighted by Crippen LogP contribution is -2.47. The number of carboxylic acids is 1. The number of carbonyl (C=O) groups excluding carboxylic acids is 1. The zero-order valence-electron chi connectivity index (χ0n) is 7.10. The molecule has 1 amide bonds. The fraction of sp³-hybridized carbons (Fsp3) is 0.750. The van der Waals surface area contributed by atoms with E-state index in [2.05, 4.69) is 0 Å². The molecule has 2 saturated heterocycles. The molecule has 13 heavy (non-hydrogen) atoms. The van der Waals surface area contributed by atoms with Gasteiger partial charge in [0.2, 0.25) is 5.91 Å². The Labute approximate surface area is 80.3 Å². The first kappa shape index (κ1) is 8.87. The van der Waals surface area contributed by atoms with Crippen LogP contribution < -0.4 is 0 Å². The van der Waals surface area contributed by atoms with E-state index >= 15 is 0 Å². The summed E-state index contributed by atoms with van der Waals surface area (Å²) in [5.41, 5.74) is 0. The third-order valence-electron chi connectivity index (χ3n) is 2.51. The summed E-state index contributed by atoms with van der Waals surface area (Å²) in [5.74, 6) is -0.315. The molecule has 0 bridgehead atoms. The molecule has 2 fully saturated rings. The van der Waals surface area contributed by atoms with Crippen molar-refractivity contribution in [3.05, 3.63) is 0 Å². The molecule has 0 radical (unpaired) electrons. The van der Waals surface area contributed by atoms with E-state index in [4.69, 9.17) is 5.11 Å². The van der Waals surface area contributed by atoms with E-state index in [1.807, 2.05) is 0 Å². The van der Waals surface area contributed by atoms with Gasteiger partial charge in [0.1, 0.15) is 6.04 Å². The number of hydrogen-bond acceptors (Lipinski definition) is 3. The van der Waals surface area contributed by atoms with Crippen LogP contribution in [0.2, 0.25) is 0 Å². The molecule has 1 unspecified atom stereocenters. The van der Waals surface area contributed by atoms with Crippen LogP contribution in [0, 0.1) is 0 Å². The van der Waals surface area contributed by atoms with Crippen LogP contribution in [0.15, 0.2) is 0 Å². The molecular formula is C8H11NO3S. The van der Waals surface area contributed by atoms with Crippen molar-refractivity contribution in [3.63, 3.8) is 0 Å². The van der Waals surface area contributed by atoms with Gasteiger partial charge in [-0.15, -0.1) is 11.8 Å². The number of rotatable bonds is 1. The molecule has 0 saturated carbocycles. The molecule has 2 aliphatic rings. The Morgan fingerprint density at radius 1 is 1.62 bits per heavy atom. The lowest BCUT2D eigenvalue weighted by Gasteiger charge is -2.31. The van der Waals surface area contributed by atoms with Crippen LogP contribution in [-0.4, -0.2) is 39.1 Å². The average molecular weight is 201 g/mol. The zero-order valence-corrected chi connectivity index (χ0v) is 7.92. The van der Waals surface area contributed by atoms with Crippen LogP contribution in [0.1, 0.15) is 19.3 Å². The van der Waals surface area contributed by atoms with Crippen molar-refractivity contribution in [1.82, 2.24) is 4.90 Å². The normalized spacial score (nSPS) is 33.2. The van der Waals surface area contributed by atoms with Crippen molar-refractivity contribution >= 4 is 23.6 Å². The molecule has 5 heteroatoms. The lowest BCUT2D eigenvalue weighted by atomic mass is 10.1. The summed E-state index contributed by atoms with van der Waals surface area (Å²) in [7, 11) is 0. The van der Waals surface area contributed by atoms with Gasteiger partial charge < -0.3 is 10.0 Å². The van der Waals surface area contributed by atoms with E-state index in [0.717, 1.165) is 12.8 Å². The summed E-state index contributed by atoms with van der Waals surface area (Å²) in [6.45, 7) is 0. The Bertz CT molecular complexity index is 256. The highest BCUT2D eigenvalue weighted by molar-refractivity contribution is 8.00. The Morgan fingerprint density at radius 3 is 3.08 bits per heavy atom. The molecule has 0 aromatic rings. The van der Waals surface area contributed by atoms with Crippen molar-refractivity contribution in [2.24, 2.45) is 0 Å². The van der Waals surface area contributed by atoms with Crippen molar-refractivity contribution in [2.75, 3.05) is 5.75 Å². The predicted octanol–water partition coefficient (Wildman–Crippen LogP) is 0.525. The summed E-state index contributed by atoms with van der Waals surface area (Å²) in [6.07, 6.45) is 2.36. The van der Waals surface area contributed by atoms with Gasteiger partial charge in [0.25, 0.3) is 0 Å². The van der Waals surface area contributed by atoms with Gasteiger partial charge in [-0.25, -0.2) is 4.79 Å². The Hall–Kier alpha value is -0.710. The molecule has 2 atom stereocenters. The standard InChI is InChI=1S/C8H11NO3S/c10-6-2-1-3-7-9(6)5(4-13-7)8(11)12/h5,7H,1-4H2,(H,11,12)/t5-,7?/m1/s1. The number of carbonyl (C=O) groups is 2. The monoisotopic (exact) mass is 201 g/mol. The van der Waals surface area contributed by atoms with E-state index in [0.29, 0.717) is 12.2 Å². The minimum atomic E-state index is -0.870. The molecule has 0 aromatic heterocycles. The minimum Gasteiger partial charge on any atom is -0.480 e. The average Bonchev–Trinajstić information content (AvgIpc) is 2.49. The number of aliphatic carboxylic acids is 1. The molecule has 2 aliphatic heterocycles. The minimum absolute atomic E-state index is 0.00801. The SMILES string of the molecule is O=C(O)[C@H]1CSC2CCCC(=O)N21. The highest BCUT2D eigenvalue weighted by Gasteiger charge is 2.42. The first-order chi connectivity index (χ1) is 6.20. The molecule has 0 aliphatic carbocycles. The number of amides is 1. The van der Waals surface area contributed by atoms with Crippen LogP contribution >= 0.6 is 11.8 Å². The summed E-state index contributed by atoms with van der Waals surface area (Å²) >= 11 is 1.59. The largest absolute Gasteiger partial charge is 0.480 e. The van der Waals surface area contributed by atoms with E-state index < -0.39 is 12.0 Å². The molecular weight excluding hydrogens is 190 g/mol. The Kier molecular flexibility index (Phi) is 2.19.